The molecule has 0 aromatic heterocycles. The zero-order valence-electron chi connectivity index (χ0n) is 14.4. The van der Waals surface area contributed by atoms with Gasteiger partial charge in [-0.1, -0.05) is 32.0 Å². The molecule has 0 saturated heterocycles. The molecule has 0 aliphatic heterocycles. The number of para-hydroxylation sites is 1. The summed E-state index contributed by atoms with van der Waals surface area (Å²) in [6.07, 6.45) is -2.95. The van der Waals surface area contributed by atoms with Gasteiger partial charge in [0, 0.05) is 5.69 Å². The first-order valence-corrected chi connectivity index (χ1v) is 7.88. The summed E-state index contributed by atoms with van der Waals surface area (Å²) in [5.74, 6) is -3.79. The van der Waals surface area contributed by atoms with E-state index < -0.39 is 54.9 Å². The fraction of sp³-hybridized carbons (Fsp3) is 0.412. The highest BCUT2D eigenvalue weighted by Crippen LogP contribution is 2.11. The quantitative estimate of drug-likeness (QED) is 0.610. The van der Waals surface area contributed by atoms with Crippen LogP contribution in [0.4, 0.5) is 14.9 Å². The number of carbonyl (C=O) groups is 4. The Bertz CT molecular complexity index is 650. The Morgan fingerprint density at radius 2 is 1.77 bits per heavy atom. The van der Waals surface area contributed by atoms with Gasteiger partial charge >= 0.3 is 12.1 Å². The summed E-state index contributed by atoms with van der Waals surface area (Å²) >= 11 is 0. The van der Waals surface area contributed by atoms with Crippen LogP contribution in [0.1, 0.15) is 20.3 Å². The van der Waals surface area contributed by atoms with Crippen molar-refractivity contribution in [2.45, 2.75) is 32.4 Å². The number of Topliss-reactive ketones (excluding diaryl/α,β-unsaturated/α-hetero) is 1. The minimum Gasteiger partial charge on any atom is -0.481 e. The second-order valence-corrected chi connectivity index (χ2v) is 5.82. The summed E-state index contributed by atoms with van der Waals surface area (Å²) < 4.78 is 17.6. The molecule has 3 N–H and O–H groups in total. The number of alkyl halides is 1. The topological polar surface area (TPSA) is 122 Å². The number of carbonyl (C=O) groups excluding carboxylic acids is 3. The Morgan fingerprint density at radius 1 is 1.15 bits per heavy atom. The summed E-state index contributed by atoms with van der Waals surface area (Å²) in [5, 5.41) is 13.4. The van der Waals surface area contributed by atoms with E-state index in [1.807, 2.05) is 0 Å². The highest BCUT2D eigenvalue weighted by atomic mass is 19.1. The average Bonchev–Trinajstić information content (AvgIpc) is 2.58. The van der Waals surface area contributed by atoms with Gasteiger partial charge in [-0.2, -0.15) is 0 Å². The SMILES string of the molecule is CC(C)[C@H](OC(=O)Nc1ccccc1)C(=O)N[C@H](CC(=O)O)C(=O)CF. The van der Waals surface area contributed by atoms with Crippen molar-refractivity contribution in [1.82, 2.24) is 5.32 Å². The molecule has 0 aliphatic rings. The Morgan fingerprint density at radius 3 is 2.27 bits per heavy atom. The van der Waals surface area contributed by atoms with Crippen molar-refractivity contribution in [1.29, 1.82) is 0 Å². The highest BCUT2D eigenvalue weighted by Gasteiger charge is 2.31. The van der Waals surface area contributed by atoms with E-state index in [2.05, 4.69) is 10.6 Å². The number of hydrogen-bond donors (Lipinski definition) is 3. The molecule has 2 atom stereocenters. The zero-order chi connectivity index (χ0) is 19.7. The molecule has 1 aromatic carbocycles. The molecule has 0 fully saturated rings. The van der Waals surface area contributed by atoms with Gasteiger partial charge in [-0.3, -0.25) is 19.7 Å². The van der Waals surface area contributed by atoms with Crippen molar-refractivity contribution in [2.75, 3.05) is 12.0 Å². The predicted molar refractivity (Wildman–Crippen MR) is 90.3 cm³/mol. The number of benzene rings is 1. The second-order valence-electron chi connectivity index (χ2n) is 5.82. The van der Waals surface area contributed by atoms with E-state index in [9.17, 15) is 23.6 Å². The molecule has 142 valence electrons. The number of amides is 2. The van der Waals surface area contributed by atoms with Crippen LogP contribution >= 0.6 is 0 Å². The molecule has 0 bridgehead atoms. The lowest BCUT2D eigenvalue weighted by Crippen LogP contribution is -2.49. The fourth-order valence-corrected chi connectivity index (χ4v) is 2.04. The van der Waals surface area contributed by atoms with Gasteiger partial charge in [0.1, 0.15) is 12.7 Å². The Labute approximate surface area is 149 Å². The van der Waals surface area contributed by atoms with E-state index in [0.717, 1.165) is 0 Å². The molecule has 0 aliphatic carbocycles. The third-order valence-electron chi connectivity index (χ3n) is 3.33. The monoisotopic (exact) mass is 368 g/mol. The summed E-state index contributed by atoms with van der Waals surface area (Å²) in [5.41, 5.74) is 0.455. The zero-order valence-corrected chi connectivity index (χ0v) is 14.4. The van der Waals surface area contributed by atoms with Gasteiger partial charge in [-0.05, 0) is 18.1 Å². The molecule has 8 nitrogen and oxygen atoms in total. The van der Waals surface area contributed by atoms with Crippen LogP contribution in [0.5, 0.6) is 0 Å². The first kappa shape index (κ1) is 21.1. The number of ketones is 1. The van der Waals surface area contributed by atoms with Gasteiger partial charge < -0.3 is 15.2 Å². The third kappa shape index (κ3) is 6.88. The average molecular weight is 368 g/mol. The van der Waals surface area contributed by atoms with E-state index >= 15 is 0 Å². The van der Waals surface area contributed by atoms with E-state index in [0.29, 0.717) is 5.69 Å². The van der Waals surface area contributed by atoms with Gasteiger partial charge in [-0.25, -0.2) is 9.18 Å². The van der Waals surface area contributed by atoms with Crippen LogP contribution in [-0.2, 0) is 19.1 Å². The molecular formula is C17H21FN2O6. The van der Waals surface area contributed by atoms with Crippen LogP contribution in [0.3, 0.4) is 0 Å². The number of aliphatic carboxylic acids is 1. The number of ether oxygens (including phenoxy) is 1. The maximum Gasteiger partial charge on any atom is 0.412 e. The standard InChI is InChI=1S/C17H21FN2O6/c1-10(2)15(26-17(25)19-11-6-4-3-5-7-11)16(24)20-12(8-14(22)23)13(21)9-18/h3-7,10,12,15H,8-9H2,1-2H3,(H,19,25)(H,20,24)(H,22,23)/t12-,15+/m1/s1. The summed E-state index contributed by atoms with van der Waals surface area (Å²) in [4.78, 5) is 46.5. The van der Waals surface area contributed by atoms with E-state index in [1.165, 1.54) is 0 Å². The normalized spacial score (nSPS) is 12.8. The first-order valence-electron chi connectivity index (χ1n) is 7.88. The summed E-state index contributed by atoms with van der Waals surface area (Å²) in [6.45, 7) is 1.78. The van der Waals surface area contributed by atoms with Gasteiger partial charge in [0.25, 0.3) is 5.91 Å². The number of halogens is 1. The minimum absolute atomic E-state index is 0.455. The van der Waals surface area contributed by atoms with Crippen LogP contribution in [0.2, 0.25) is 0 Å². The van der Waals surface area contributed by atoms with Gasteiger partial charge in [0.05, 0.1) is 6.42 Å². The van der Waals surface area contributed by atoms with E-state index in [1.54, 1.807) is 44.2 Å². The molecule has 0 saturated carbocycles. The second kappa shape index (κ2) is 10.1. The number of hydrogen-bond acceptors (Lipinski definition) is 5. The third-order valence-corrected chi connectivity index (χ3v) is 3.33. The van der Waals surface area contributed by atoms with Crippen LogP contribution < -0.4 is 10.6 Å². The summed E-state index contributed by atoms with van der Waals surface area (Å²) in [6, 6.07) is 6.85. The largest absolute Gasteiger partial charge is 0.481 e. The molecule has 0 radical (unpaired) electrons. The number of carboxylic acid groups (broad SMARTS) is 1. The molecule has 9 heteroatoms. The molecule has 1 aromatic rings. The maximum atomic E-state index is 12.6. The van der Waals surface area contributed by atoms with Gasteiger partial charge in [0.15, 0.2) is 11.9 Å². The Hall–Kier alpha value is -2.97. The van der Waals surface area contributed by atoms with Crippen LogP contribution in [0.15, 0.2) is 30.3 Å². The minimum atomic E-state index is -1.54. The molecule has 26 heavy (non-hydrogen) atoms. The van der Waals surface area contributed by atoms with Crippen molar-refractivity contribution in [3.05, 3.63) is 30.3 Å². The smallest absolute Gasteiger partial charge is 0.412 e. The van der Waals surface area contributed by atoms with E-state index in [4.69, 9.17) is 9.84 Å². The molecule has 0 heterocycles. The van der Waals surface area contributed by atoms with Crippen molar-refractivity contribution >= 4 is 29.4 Å². The van der Waals surface area contributed by atoms with Crippen molar-refractivity contribution in [3.63, 3.8) is 0 Å². The summed E-state index contributed by atoms with van der Waals surface area (Å²) in [7, 11) is 0. The molecule has 1 rings (SSSR count). The Kier molecular flexibility index (Phi) is 8.20. The molecular weight excluding hydrogens is 347 g/mol. The number of rotatable bonds is 9. The van der Waals surface area contributed by atoms with Gasteiger partial charge in [-0.15, -0.1) is 0 Å². The van der Waals surface area contributed by atoms with Crippen LogP contribution in [0.25, 0.3) is 0 Å². The lowest BCUT2D eigenvalue weighted by Gasteiger charge is -2.23. The highest BCUT2D eigenvalue weighted by molar-refractivity contribution is 5.94. The maximum absolute atomic E-state index is 12.6. The van der Waals surface area contributed by atoms with Crippen LogP contribution in [0, 0.1) is 5.92 Å². The lowest BCUT2D eigenvalue weighted by atomic mass is 10.0. The fourth-order valence-electron chi connectivity index (χ4n) is 2.04. The lowest BCUT2D eigenvalue weighted by molar-refractivity contribution is -0.141. The Balaban J connectivity index is 2.77. The van der Waals surface area contributed by atoms with Crippen molar-refractivity contribution in [2.24, 2.45) is 5.92 Å². The molecule has 2 amide bonds. The molecule has 0 unspecified atom stereocenters. The molecule has 0 spiro atoms. The van der Waals surface area contributed by atoms with Crippen molar-refractivity contribution < 1.29 is 33.4 Å². The van der Waals surface area contributed by atoms with Crippen molar-refractivity contribution in [3.8, 4) is 0 Å². The number of anilines is 1. The van der Waals surface area contributed by atoms with Crippen LogP contribution in [-0.4, -0.2) is 47.7 Å². The first-order chi connectivity index (χ1) is 12.2. The predicted octanol–water partition coefficient (Wildman–Crippen LogP) is 1.76. The number of carboxylic acids is 1. The van der Waals surface area contributed by atoms with E-state index in [-0.39, 0.29) is 0 Å². The number of nitrogens with one attached hydrogen (secondary N) is 2. The van der Waals surface area contributed by atoms with Gasteiger partial charge in [0.2, 0.25) is 0 Å².